The number of hydrogen-bond donors (Lipinski definition) is 2. The van der Waals surface area contributed by atoms with Crippen molar-refractivity contribution in [3.05, 3.63) is 58.7 Å². The minimum Gasteiger partial charge on any atom is -0.399 e. The molecule has 0 radical (unpaired) electrons. The van der Waals surface area contributed by atoms with Crippen molar-refractivity contribution in [1.82, 2.24) is 9.80 Å². The lowest BCUT2D eigenvalue weighted by Crippen LogP contribution is -2.36. The van der Waals surface area contributed by atoms with Crippen molar-refractivity contribution in [2.24, 2.45) is 0 Å². The minimum atomic E-state index is -4.42. The van der Waals surface area contributed by atoms with Crippen LogP contribution in [0.15, 0.2) is 36.4 Å². The Labute approximate surface area is 249 Å². The maximum absolute atomic E-state index is 13.0. The fourth-order valence-corrected chi connectivity index (χ4v) is 5.32. The van der Waals surface area contributed by atoms with Crippen molar-refractivity contribution in [2.75, 3.05) is 63.5 Å². The fraction of sp³-hybridized carbons (Fsp3) is 0.581. The molecule has 2 heterocycles. The lowest BCUT2D eigenvalue weighted by atomic mass is 10.0. The van der Waals surface area contributed by atoms with Gasteiger partial charge in [0, 0.05) is 31.4 Å². The van der Waals surface area contributed by atoms with Gasteiger partial charge in [0.2, 0.25) is 5.91 Å². The Hall–Kier alpha value is -2.83. The topological polar surface area (TPSA) is 70.8 Å². The second kappa shape index (κ2) is 16.3. The van der Waals surface area contributed by atoms with E-state index < -0.39 is 23.5 Å². The fourth-order valence-electron chi connectivity index (χ4n) is 5.32. The standard InChI is InChI=1S/C16H21F3N2O2.C15H21F3N2/c1-12(22)20-15-10-13(9-14(11-15)16(17,18)19)3-2-4-21-5-7-23-8-6-21;16-15(17,18)13-9-12(10-14(19)11-13)5-4-8-20-6-2-1-3-7-20/h9-11H,2-8H2,1H3,(H,20,22);9-11H,1-8,19H2. The molecule has 0 unspecified atom stereocenters. The first-order chi connectivity index (χ1) is 20.3. The molecule has 0 saturated carbocycles. The second-order valence-electron chi connectivity index (χ2n) is 11.1. The molecule has 2 aromatic rings. The first-order valence-corrected chi connectivity index (χ1v) is 14.8. The number of piperidine rings is 1. The van der Waals surface area contributed by atoms with Crippen LogP contribution in [0.1, 0.15) is 61.3 Å². The Morgan fingerprint density at radius 2 is 1.28 bits per heavy atom. The number of nitrogen functional groups attached to an aromatic ring is 1. The molecule has 6 nitrogen and oxygen atoms in total. The highest BCUT2D eigenvalue weighted by molar-refractivity contribution is 5.88. The maximum Gasteiger partial charge on any atom is 0.416 e. The Balaban J connectivity index is 0.000000238. The number of ether oxygens (including phenoxy) is 1. The molecule has 0 bridgehead atoms. The number of aryl methyl sites for hydroxylation is 2. The van der Waals surface area contributed by atoms with Crippen LogP contribution in [-0.2, 0) is 34.7 Å². The van der Waals surface area contributed by atoms with Crippen LogP contribution in [0.4, 0.5) is 37.7 Å². The van der Waals surface area contributed by atoms with Gasteiger partial charge in [0.1, 0.15) is 0 Å². The molecule has 2 aromatic carbocycles. The Morgan fingerprint density at radius 1 is 0.767 bits per heavy atom. The summed E-state index contributed by atoms with van der Waals surface area (Å²) in [5.74, 6) is -0.386. The third kappa shape index (κ3) is 12.7. The van der Waals surface area contributed by atoms with E-state index in [2.05, 4.69) is 15.1 Å². The number of nitrogens with one attached hydrogen (secondary N) is 1. The van der Waals surface area contributed by atoms with Crippen LogP contribution in [0.2, 0.25) is 0 Å². The molecule has 240 valence electrons. The molecule has 0 aliphatic carbocycles. The summed E-state index contributed by atoms with van der Waals surface area (Å²) < 4.78 is 82.2. The van der Waals surface area contributed by atoms with E-state index in [1.165, 1.54) is 32.3 Å². The molecule has 2 fully saturated rings. The number of benzene rings is 2. The number of halogens is 6. The van der Waals surface area contributed by atoms with Gasteiger partial charge in [0.15, 0.2) is 0 Å². The van der Waals surface area contributed by atoms with Gasteiger partial charge in [-0.15, -0.1) is 0 Å². The van der Waals surface area contributed by atoms with Crippen molar-refractivity contribution >= 4 is 17.3 Å². The Morgan fingerprint density at radius 3 is 1.81 bits per heavy atom. The number of alkyl halides is 6. The van der Waals surface area contributed by atoms with Crippen LogP contribution in [0.25, 0.3) is 0 Å². The molecule has 2 saturated heterocycles. The number of carbonyl (C=O) groups excluding carboxylic acids is 1. The number of rotatable bonds is 9. The first-order valence-electron chi connectivity index (χ1n) is 14.8. The molecular formula is C31H42F6N4O2. The number of nitrogens with two attached hydrogens (primary N) is 1. The van der Waals surface area contributed by atoms with E-state index in [1.807, 2.05) is 0 Å². The third-order valence-electron chi connectivity index (χ3n) is 7.41. The lowest BCUT2D eigenvalue weighted by molar-refractivity contribution is -0.138. The number of hydrogen-bond acceptors (Lipinski definition) is 5. The van der Waals surface area contributed by atoms with E-state index in [9.17, 15) is 31.1 Å². The number of nitrogens with zero attached hydrogens (tertiary/aromatic N) is 2. The van der Waals surface area contributed by atoms with Gasteiger partial charge in [-0.3, -0.25) is 9.69 Å². The average molecular weight is 617 g/mol. The van der Waals surface area contributed by atoms with Crippen LogP contribution in [-0.4, -0.2) is 68.2 Å². The largest absolute Gasteiger partial charge is 0.416 e. The predicted octanol–water partition coefficient (Wildman–Crippen LogP) is 6.63. The number of anilines is 2. The van der Waals surface area contributed by atoms with Gasteiger partial charge in [0.05, 0.1) is 24.3 Å². The molecule has 0 spiro atoms. The van der Waals surface area contributed by atoms with Gasteiger partial charge in [-0.2, -0.15) is 26.3 Å². The number of carbonyl (C=O) groups is 1. The van der Waals surface area contributed by atoms with E-state index >= 15 is 0 Å². The maximum atomic E-state index is 13.0. The minimum absolute atomic E-state index is 0.188. The molecular weight excluding hydrogens is 574 g/mol. The van der Waals surface area contributed by atoms with Gasteiger partial charge in [-0.1, -0.05) is 6.42 Å². The summed E-state index contributed by atoms with van der Waals surface area (Å²) in [6.07, 6.45) is -2.17. The van der Waals surface area contributed by atoms with Crippen LogP contribution in [0.5, 0.6) is 0 Å². The molecule has 2 aliphatic rings. The number of amides is 1. The van der Waals surface area contributed by atoms with E-state index in [1.54, 1.807) is 12.1 Å². The van der Waals surface area contributed by atoms with E-state index in [-0.39, 0.29) is 17.3 Å². The molecule has 3 N–H and O–H groups in total. The first kappa shape index (κ1) is 34.7. The zero-order valence-electron chi connectivity index (χ0n) is 24.6. The molecule has 12 heteroatoms. The van der Waals surface area contributed by atoms with Crippen molar-refractivity contribution in [2.45, 2.75) is 64.2 Å². The Bertz CT molecular complexity index is 1160. The van der Waals surface area contributed by atoms with Gasteiger partial charge in [-0.25, -0.2) is 0 Å². The Kier molecular flexibility index (Phi) is 13.1. The molecule has 2 aliphatic heterocycles. The summed E-state index contributed by atoms with van der Waals surface area (Å²) in [6.45, 7) is 8.42. The molecule has 43 heavy (non-hydrogen) atoms. The molecule has 1 amide bonds. The van der Waals surface area contributed by atoms with Crippen LogP contribution in [0.3, 0.4) is 0 Å². The smallest absolute Gasteiger partial charge is 0.399 e. The lowest BCUT2D eigenvalue weighted by Gasteiger charge is -2.26. The van der Waals surface area contributed by atoms with Crippen molar-refractivity contribution in [3.8, 4) is 0 Å². The van der Waals surface area contributed by atoms with Crippen LogP contribution < -0.4 is 11.1 Å². The van der Waals surface area contributed by atoms with Gasteiger partial charge >= 0.3 is 12.4 Å². The number of morpholine rings is 1. The van der Waals surface area contributed by atoms with Crippen LogP contribution >= 0.6 is 0 Å². The summed E-state index contributed by atoms with van der Waals surface area (Å²) in [5, 5.41) is 2.43. The number of likely N-dealkylation sites (tertiary alicyclic amines) is 1. The molecule has 0 atom stereocenters. The predicted molar refractivity (Wildman–Crippen MR) is 156 cm³/mol. The van der Waals surface area contributed by atoms with Crippen molar-refractivity contribution < 1.29 is 35.9 Å². The van der Waals surface area contributed by atoms with Crippen molar-refractivity contribution in [3.63, 3.8) is 0 Å². The summed E-state index contributed by atoms with van der Waals surface area (Å²) in [4.78, 5) is 15.7. The third-order valence-corrected chi connectivity index (χ3v) is 7.41. The van der Waals surface area contributed by atoms with Crippen LogP contribution in [0, 0.1) is 0 Å². The quantitative estimate of drug-likeness (QED) is 0.244. The summed E-state index contributed by atoms with van der Waals surface area (Å²) in [7, 11) is 0. The van der Waals surface area contributed by atoms with Gasteiger partial charge < -0.3 is 20.7 Å². The summed E-state index contributed by atoms with van der Waals surface area (Å²) in [5.41, 5.74) is 5.81. The highest BCUT2D eigenvalue weighted by atomic mass is 19.4. The molecule has 0 aromatic heterocycles. The summed E-state index contributed by atoms with van der Waals surface area (Å²) in [6, 6.07) is 7.58. The van der Waals surface area contributed by atoms with E-state index in [4.69, 9.17) is 10.5 Å². The average Bonchev–Trinajstić information content (AvgIpc) is 2.93. The highest BCUT2D eigenvalue weighted by Gasteiger charge is 2.32. The second-order valence-corrected chi connectivity index (χ2v) is 11.1. The zero-order chi connectivity index (χ0) is 31.5. The normalized spacial score (nSPS) is 16.8. The SMILES string of the molecule is CC(=O)Nc1cc(CCCN2CCOCC2)cc(C(F)(F)F)c1.Nc1cc(CCCN2CCCCC2)cc(C(F)(F)F)c1. The van der Waals surface area contributed by atoms with E-state index in [0.29, 0.717) is 37.2 Å². The monoisotopic (exact) mass is 616 g/mol. The zero-order valence-corrected chi connectivity index (χ0v) is 24.6. The molecule has 4 rings (SSSR count). The van der Waals surface area contributed by atoms with Gasteiger partial charge in [0.25, 0.3) is 0 Å². The van der Waals surface area contributed by atoms with Gasteiger partial charge in [-0.05, 0) is 112 Å². The van der Waals surface area contributed by atoms with E-state index in [0.717, 1.165) is 70.3 Å². The van der Waals surface area contributed by atoms with Crippen molar-refractivity contribution in [1.29, 1.82) is 0 Å². The summed E-state index contributed by atoms with van der Waals surface area (Å²) >= 11 is 0. The highest BCUT2D eigenvalue weighted by Crippen LogP contribution is 2.33.